The van der Waals surface area contributed by atoms with Crippen molar-refractivity contribution in [1.82, 2.24) is 5.43 Å². The van der Waals surface area contributed by atoms with Crippen LogP contribution in [-0.2, 0) is 9.59 Å². The molecule has 1 aromatic rings. The van der Waals surface area contributed by atoms with E-state index >= 15 is 0 Å². The topological polar surface area (TPSA) is 70.6 Å². The van der Waals surface area contributed by atoms with Gasteiger partial charge in [0.05, 0.1) is 6.42 Å². The normalized spacial score (nSPS) is 14.3. The highest BCUT2D eigenvalue weighted by atomic mass is 79.9. The van der Waals surface area contributed by atoms with Gasteiger partial charge >= 0.3 is 0 Å². The summed E-state index contributed by atoms with van der Waals surface area (Å²) in [5.41, 5.74) is 3.09. The summed E-state index contributed by atoms with van der Waals surface area (Å²) >= 11 is 3.29. The van der Waals surface area contributed by atoms with E-state index in [1.165, 1.54) is 0 Å². The molecule has 0 spiro atoms. The van der Waals surface area contributed by atoms with Crippen LogP contribution in [0.15, 0.2) is 33.8 Å². The number of rotatable bonds is 2. The summed E-state index contributed by atoms with van der Waals surface area (Å²) in [6.45, 7) is 0. The summed E-state index contributed by atoms with van der Waals surface area (Å²) in [4.78, 5) is 22.4. The predicted octanol–water partition coefficient (Wildman–Crippen LogP) is 1.26. The monoisotopic (exact) mass is 281 g/mol. The molecule has 0 saturated heterocycles. The van der Waals surface area contributed by atoms with Gasteiger partial charge in [-0.05, 0) is 24.3 Å². The lowest BCUT2D eigenvalue weighted by Crippen LogP contribution is -2.22. The number of hydrogen-bond acceptors (Lipinski definition) is 3. The minimum Gasteiger partial charge on any atom is -0.321 e. The molecule has 1 aliphatic heterocycles. The zero-order valence-electron chi connectivity index (χ0n) is 8.16. The van der Waals surface area contributed by atoms with Gasteiger partial charge in [-0.25, -0.2) is 5.43 Å². The zero-order valence-corrected chi connectivity index (χ0v) is 9.74. The molecule has 0 bridgehead atoms. The minimum atomic E-state index is -0.360. The van der Waals surface area contributed by atoms with Crippen molar-refractivity contribution in [3.63, 3.8) is 0 Å². The van der Waals surface area contributed by atoms with Gasteiger partial charge in [-0.2, -0.15) is 5.10 Å². The Labute approximate surface area is 100 Å². The second-order valence-electron chi connectivity index (χ2n) is 3.23. The molecule has 2 rings (SSSR count). The quantitative estimate of drug-likeness (QED) is 0.857. The Balaban J connectivity index is 2.02. The Morgan fingerprint density at radius 1 is 1.38 bits per heavy atom. The second kappa shape index (κ2) is 4.44. The number of amides is 2. The lowest BCUT2D eigenvalue weighted by Gasteiger charge is -2.03. The first-order chi connectivity index (χ1) is 7.65. The largest absolute Gasteiger partial charge is 0.321 e. The van der Waals surface area contributed by atoms with Gasteiger partial charge in [0.25, 0.3) is 5.91 Å². The van der Waals surface area contributed by atoms with Gasteiger partial charge in [-0.3, -0.25) is 9.59 Å². The molecule has 0 aromatic heterocycles. The SMILES string of the molecule is O=C1CC(C(=O)Nc2ccc(Br)cc2)=NN1. The van der Waals surface area contributed by atoms with E-state index in [1.54, 1.807) is 12.1 Å². The van der Waals surface area contributed by atoms with Crippen LogP contribution < -0.4 is 10.7 Å². The third-order valence-corrected chi connectivity index (χ3v) is 2.54. The Morgan fingerprint density at radius 3 is 2.62 bits per heavy atom. The first-order valence-corrected chi connectivity index (χ1v) is 5.37. The molecule has 0 radical (unpaired) electrons. The summed E-state index contributed by atoms with van der Waals surface area (Å²) in [6.07, 6.45) is 0.0301. The number of hydrogen-bond donors (Lipinski definition) is 2. The first kappa shape index (κ1) is 10.8. The average Bonchev–Trinajstić information content (AvgIpc) is 2.68. The lowest BCUT2D eigenvalue weighted by molar-refractivity contribution is -0.119. The Morgan fingerprint density at radius 2 is 2.06 bits per heavy atom. The molecule has 1 heterocycles. The van der Waals surface area contributed by atoms with Gasteiger partial charge < -0.3 is 5.32 Å². The van der Waals surface area contributed by atoms with Crippen LogP contribution >= 0.6 is 15.9 Å². The molecule has 1 aromatic carbocycles. The van der Waals surface area contributed by atoms with Crippen LogP contribution in [0.3, 0.4) is 0 Å². The molecule has 2 amide bonds. The van der Waals surface area contributed by atoms with Crippen molar-refractivity contribution < 1.29 is 9.59 Å². The van der Waals surface area contributed by atoms with E-state index in [4.69, 9.17) is 0 Å². The van der Waals surface area contributed by atoms with E-state index in [0.29, 0.717) is 5.69 Å². The fourth-order valence-corrected chi connectivity index (χ4v) is 1.49. The molecule has 0 saturated carbocycles. The van der Waals surface area contributed by atoms with Crippen molar-refractivity contribution in [1.29, 1.82) is 0 Å². The van der Waals surface area contributed by atoms with Gasteiger partial charge in [0.1, 0.15) is 5.71 Å². The maximum Gasteiger partial charge on any atom is 0.272 e. The molecule has 1 aliphatic rings. The Hall–Kier alpha value is -1.69. The molecule has 0 unspecified atom stereocenters. The molecular formula is C10H8BrN3O2. The number of halogens is 1. The van der Waals surface area contributed by atoms with Crippen molar-refractivity contribution >= 4 is 39.1 Å². The molecule has 82 valence electrons. The van der Waals surface area contributed by atoms with Gasteiger partial charge in [0.15, 0.2) is 0 Å². The van der Waals surface area contributed by atoms with Gasteiger partial charge in [0, 0.05) is 10.2 Å². The van der Waals surface area contributed by atoms with Crippen LogP contribution in [0.2, 0.25) is 0 Å². The fraction of sp³-hybridized carbons (Fsp3) is 0.100. The highest BCUT2D eigenvalue weighted by Crippen LogP contribution is 2.14. The number of carbonyl (C=O) groups excluding carboxylic acids is 2. The van der Waals surface area contributed by atoms with Crippen LogP contribution in [0, 0.1) is 0 Å². The van der Waals surface area contributed by atoms with Crippen molar-refractivity contribution in [3.05, 3.63) is 28.7 Å². The van der Waals surface area contributed by atoms with E-state index in [9.17, 15) is 9.59 Å². The van der Waals surface area contributed by atoms with Crippen molar-refractivity contribution in [2.75, 3.05) is 5.32 Å². The molecule has 0 aliphatic carbocycles. The number of hydrazone groups is 1. The summed E-state index contributed by atoms with van der Waals surface area (Å²) in [7, 11) is 0. The minimum absolute atomic E-state index is 0.0301. The first-order valence-electron chi connectivity index (χ1n) is 4.57. The molecule has 6 heteroatoms. The third kappa shape index (κ3) is 2.46. The second-order valence-corrected chi connectivity index (χ2v) is 4.15. The highest BCUT2D eigenvalue weighted by molar-refractivity contribution is 9.10. The van der Waals surface area contributed by atoms with E-state index in [1.807, 2.05) is 12.1 Å². The summed E-state index contributed by atoms with van der Waals surface area (Å²) in [5, 5.41) is 6.28. The van der Waals surface area contributed by atoms with Crippen LogP contribution in [0.25, 0.3) is 0 Å². The van der Waals surface area contributed by atoms with Crippen molar-refractivity contribution in [2.24, 2.45) is 5.10 Å². The zero-order chi connectivity index (χ0) is 11.5. The summed E-state index contributed by atoms with van der Waals surface area (Å²) in [5.74, 6) is -0.623. The van der Waals surface area contributed by atoms with Crippen LogP contribution in [0.5, 0.6) is 0 Å². The third-order valence-electron chi connectivity index (χ3n) is 2.01. The maximum absolute atomic E-state index is 11.6. The van der Waals surface area contributed by atoms with Crippen molar-refractivity contribution in [3.8, 4) is 0 Å². The standard InChI is InChI=1S/C10H8BrN3O2/c11-6-1-3-7(4-2-6)12-10(16)8-5-9(15)14-13-8/h1-4H,5H2,(H,12,16)(H,14,15). The highest BCUT2D eigenvalue weighted by Gasteiger charge is 2.21. The number of nitrogens with zero attached hydrogens (tertiary/aromatic N) is 1. The summed E-state index contributed by atoms with van der Waals surface area (Å²) < 4.78 is 0.931. The summed E-state index contributed by atoms with van der Waals surface area (Å²) in [6, 6.07) is 7.14. The predicted molar refractivity (Wildman–Crippen MR) is 63.0 cm³/mol. The molecule has 16 heavy (non-hydrogen) atoms. The van der Waals surface area contributed by atoms with E-state index in [2.05, 4.69) is 31.8 Å². The Bertz CT molecular complexity index is 467. The van der Waals surface area contributed by atoms with Crippen molar-refractivity contribution in [2.45, 2.75) is 6.42 Å². The average molecular weight is 282 g/mol. The smallest absolute Gasteiger partial charge is 0.272 e. The molecular weight excluding hydrogens is 274 g/mol. The van der Waals surface area contributed by atoms with E-state index in [-0.39, 0.29) is 23.9 Å². The van der Waals surface area contributed by atoms with Gasteiger partial charge in [-0.15, -0.1) is 0 Å². The van der Waals surface area contributed by atoms with Crippen LogP contribution in [0.4, 0.5) is 5.69 Å². The van der Waals surface area contributed by atoms with Crippen LogP contribution in [-0.4, -0.2) is 17.5 Å². The van der Waals surface area contributed by atoms with Gasteiger partial charge in [0.2, 0.25) is 5.91 Å². The Kier molecular flexibility index (Phi) is 3.00. The van der Waals surface area contributed by atoms with Gasteiger partial charge in [-0.1, -0.05) is 15.9 Å². The maximum atomic E-state index is 11.6. The lowest BCUT2D eigenvalue weighted by atomic mass is 10.2. The molecule has 5 nitrogen and oxygen atoms in total. The van der Waals surface area contributed by atoms with E-state index in [0.717, 1.165) is 4.47 Å². The molecule has 0 fully saturated rings. The number of nitrogens with one attached hydrogen (secondary N) is 2. The fourth-order valence-electron chi connectivity index (χ4n) is 1.23. The van der Waals surface area contributed by atoms with Crippen LogP contribution in [0.1, 0.15) is 6.42 Å². The molecule has 2 N–H and O–H groups in total. The molecule has 0 atom stereocenters. The van der Waals surface area contributed by atoms with E-state index < -0.39 is 0 Å². The number of anilines is 1. The number of carbonyl (C=O) groups is 2. The number of benzene rings is 1.